The molecule has 0 saturated carbocycles. The maximum atomic E-state index is 13.4. The van der Waals surface area contributed by atoms with Gasteiger partial charge in [0.25, 0.3) is 5.56 Å². The minimum atomic E-state index is -1.36. The van der Waals surface area contributed by atoms with Gasteiger partial charge in [-0.15, -0.1) is 0 Å². The van der Waals surface area contributed by atoms with Gasteiger partial charge in [0, 0.05) is 30.7 Å². The second kappa shape index (κ2) is 7.53. The van der Waals surface area contributed by atoms with Crippen LogP contribution in [0.25, 0.3) is 16.7 Å². The molecule has 0 amide bonds. The van der Waals surface area contributed by atoms with Gasteiger partial charge < -0.3 is 9.12 Å². The van der Waals surface area contributed by atoms with E-state index >= 15 is 0 Å². The van der Waals surface area contributed by atoms with Crippen molar-refractivity contribution in [2.24, 2.45) is 0 Å². The van der Waals surface area contributed by atoms with Crippen LogP contribution >= 0.6 is 0 Å². The molecule has 4 aromatic rings. The van der Waals surface area contributed by atoms with Crippen LogP contribution in [0.15, 0.2) is 86.4 Å². The fourth-order valence-corrected chi connectivity index (χ4v) is 3.84. The number of nitrogens with zero attached hydrogens (tertiary/aromatic N) is 4. The van der Waals surface area contributed by atoms with Gasteiger partial charge in [0.15, 0.2) is 16.0 Å². The lowest BCUT2D eigenvalue weighted by Crippen LogP contribution is -2.41. The summed E-state index contributed by atoms with van der Waals surface area (Å²) in [6.07, 6.45) is 6.02. The van der Waals surface area contributed by atoms with E-state index in [4.69, 9.17) is 0 Å². The first-order chi connectivity index (χ1) is 14.0. The minimum Gasteiger partial charge on any atom is -0.612 e. The zero-order chi connectivity index (χ0) is 20.5. The first kappa shape index (κ1) is 18.9. The van der Waals surface area contributed by atoms with Crippen molar-refractivity contribution in [3.8, 4) is 5.69 Å². The number of rotatable bonds is 4. The summed E-state index contributed by atoms with van der Waals surface area (Å²) in [6.45, 7) is -0.0832. The van der Waals surface area contributed by atoms with Crippen LogP contribution in [0.2, 0.25) is 0 Å². The molecule has 0 aliphatic carbocycles. The van der Waals surface area contributed by atoms with E-state index in [1.54, 1.807) is 41.0 Å². The first-order valence-electron chi connectivity index (χ1n) is 8.67. The van der Waals surface area contributed by atoms with Gasteiger partial charge in [-0.2, -0.15) is 0 Å². The lowest BCUT2D eigenvalue weighted by molar-refractivity contribution is 0.550. The molecular formula is C20H16N4O4S. The normalized spacial score (nSPS) is 12.2. The monoisotopic (exact) mass is 408 g/mol. The van der Waals surface area contributed by atoms with Crippen LogP contribution in [0.3, 0.4) is 0 Å². The van der Waals surface area contributed by atoms with Crippen LogP contribution in [0, 0.1) is 0 Å². The van der Waals surface area contributed by atoms with Crippen molar-refractivity contribution in [3.63, 3.8) is 0 Å². The van der Waals surface area contributed by atoms with Crippen molar-refractivity contribution in [2.75, 3.05) is 6.26 Å². The molecule has 9 heteroatoms. The Labute approximate surface area is 167 Å². The molecule has 1 aromatic carbocycles. The van der Waals surface area contributed by atoms with Crippen molar-refractivity contribution in [3.05, 3.63) is 98.2 Å². The third-order valence-corrected chi connectivity index (χ3v) is 5.44. The van der Waals surface area contributed by atoms with E-state index in [0.29, 0.717) is 10.6 Å². The third kappa shape index (κ3) is 3.41. The van der Waals surface area contributed by atoms with Gasteiger partial charge in [-0.05, 0) is 35.4 Å². The third-order valence-electron chi connectivity index (χ3n) is 4.48. The van der Waals surface area contributed by atoms with Crippen LogP contribution in [-0.2, 0) is 17.8 Å². The fourth-order valence-electron chi connectivity index (χ4n) is 3.11. The standard InChI is InChI=1S/C20H16N4O4S/c1-29(28)17-7-3-2-6-16(17)24-18-15(5-4-10-21-18)19(26)23(20(24)27)13-22-11-8-14(25)9-12-22/h2-12H,13H2,1H3. The average Bonchev–Trinajstić information content (AvgIpc) is 2.73. The molecule has 0 spiro atoms. The molecule has 8 nitrogen and oxygen atoms in total. The smallest absolute Gasteiger partial charge is 0.339 e. The van der Waals surface area contributed by atoms with E-state index in [1.807, 2.05) is 0 Å². The molecule has 0 radical (unpaired) electrons. The zero-order valence-corrected chi connectivity index (χ0v) is 16.2. The summed E-state index contributed by atoms with van der Waals surface area (Å²) in [5.74, 6) is 0. The van der Waals surface area contributed by atoms with Crippen molar-refractivity contribution < 1.29 is 4.55 Å². The van der Waals surface area contributed by atoms with Crippen LogP contribution < -0.4 is 16.7 Å². The molecular weight excluding hydrogens is 392 g/mol. The quantitative estimate of drug-likeness (QED) is 0.468. The molecule has 0 bridgehead atoms. The van der Waals surface area contributed by atoms with Crippen LogP contribution in [-0.4, -0.2) is 29.5 Å². The Balaban J connectivity index is 2.05. The molecule has 1 atom stereocenters. The van der Waals surface area contributed by atoms with Crippen LogP contribution in [0.1, 0.15) is 0 Å². The number of aromatic nitrogens is 4. The maximum Gasteiger partial charge on any atom is 0.339 e. The van der Waals surface area contributed by atoms with E-state index in [0.717, 1.165) is 4.57 Å². The summed E-state index contributed by atoms with van der Waals surface area (Å²) in [7, 11) is 0. The lowest BCUT2D eigenvalue weighted by atomic mass is 10.3. The topological polar surface area (TPSA) is 102 Å². The van der Waals surface area contributed by atoms with Crippen molar-refractivity contribution in [1.82, 2.24) is 18.7 Å². The highest BCUT2D eigenvalue weighted by Crippen LogP contribution is 2.20. The van der Waals surface area contributed by atoms with Gasteiger partial charge in [0.2, 0.25) is 0 Å². The number of fused-ring (bicyclic) bond motifs is 1. The van der Waals surface area contributed by atoms with Gasteiger partial charge >= 0.3 is 5.69 Å². The Hall–Kier alpha value is -3.43. The molecule has 1 unspecified atom stereocenters. The van der Waals surface area contributed by atoms with Gasteiger partial charge in [0.1, 0.15) is 18.6 Å². The Kier molecular flexibility index (Phi) is 4.91. The van der Waals surface area contributed by atoms with E-state index in [-0.39, 0.29) is 23.1 Å². The number of pyridine rings is 2. The van der Waals surface area contributed by atoms with Gasteiger partial charge in [-0.3, -0.25) is 9.59 Å². The lowest BCUT2D eigenvalue weighted by Gasteiger charge is -2.16. The molecule has 0 fully saturated rings. The van der Waals surface area contributed by atoms with Crippen molar-refractivity contribution in [2.45, 2.75) is 11.6 Å². The van der Waals surface area contributed by atoms with E-state index in [1.165, 1.54) is 41.5 Å². The second-order valence-corrected chi connectivity index (χ2v) is 7.69. The first-order valence-corrected chi connectivity index (χ1v) is 10.2. The summed E-state index contributed by atoms with van der Waals surface area (Å²) < 4.78 is 16.2. The predicted molar refractivity (Wildman–Crippen MR) is 110 cm³/mol. The Morgan fingerprint density at radius 3 is 2.45 bits per heavy atom. The fraction of sp³-hybridized carbons (Fsp3) is 0.100. The summed E-state index contributed by atoms with van der Waals surface area (Å²) in [5, 5.41) is 0.254. The maximum absolute atomic E-state index is 13.4. The summed E-state index contributed by atoms with van der Waals surface area (Å²) >= 11 is -1.36. The highest BCUT2D eigenvalue weighted by Gasteiger charge is 2.20. The zero-order valence-electron chi connectivity index (χ0n) is 15.4. The molecule has 0 saturated heterocycles. The number of hydrogen-bond donors (Lipinski definition) is 0. The Morgan fingerprint density at radius 1 is 1.00 bits per heavy atom. The Morgan fingerprint density at radius 2 is 1.72 bits per heavy atom. The number of para-hydroxylation sites is 1. The second-order valence-electron chi connectivity index (χ2n) is 6.34. The van der Waals surface area contributed by atoms with Crippen LogP contribution in [0.4, 0.5) is 0 Å². The predicted octanol–water partition coefficient (Wildman–Crippen LogP) is 0.952. The molecule has 0 aliphatic heterocycles. The largest absolute Gasteiger partial charge is 0.612 e. The SMILES string of the molecule is C[S+]([O-])c1ccccc1-n1c(=O)n(Cn2ccc(=O)cc2)c(=O)c2cccnc21. The summed E-state index contributed by atoms with van der Waals surface area (Å²) in [5.41, 5.74) is -0.693. The highest BCUT2D eigenvalue weighted by molar-refractivity contribution is 7.90. The minimum absolute atomic E-state index is 0.0832. The average molecular weight is 408 g/mol. The summed E-state index contributed by atoms with van der Waals surface area (Å²) in [6, 6.07) is 12.7. The molecule has 3 aromatic heterocycles. The van der Waals surface area contributed by atoms with E-state index in [2.05, 4.69) is 4.98 Å². The van der Waals surface area contributed by atoms with Crippen molar-refractivity contribution >= 4 is 22.2 Å². The van der Waals surface area contributed by atoms with Crippen LogP contribution in [0.5, 0.6) is 0 Å². The Bertz CT molecular complexity index is 1370. The number of benzene rings is 1. The molecule has 4 rings (SSSR count). The molecule has 29 heavy (non-hydrogen) atoms. The van der Waals surface area contributed by atoms with Gasteiger partial charge in [0.05, 0.1) is 5.39 Å². The molecule has 146 valence electrons. The molecule has 3 heterocycles. The van der Waals surface area contributed by atoms with E-state index in [9.17, 15) is 18.9 Å². The molecule has 0 N–H and O–H groups in total. The van der Waals surface area contributed by atoms with Crippen molar-refractivity contribution in [1.29, 1.82) is 0 Å². The summed E-state index contributed by atoms with van der Waals surface area (Å²) in [4.78, 5) is 42.4. The van der Waals surface area contributed by atoms with E-state index < -0.39 is 22.4 Å². The number of hydrogen-bond acceptors (Lipinski definition) is 5. The molecule has 0 aliphatic rings. The van der Waals surface area contributed by atoms with Gasteiger partial charge in [-0.25, -0.2) is 18.9 Å². The van der Waals surface area contributed by atoms with Gasteiger partial charge in [-0.1, -0.05) is 12.1 Å². The highest BCUT2D eigenvalue weighted by atomic mass is 32.2.